The molecular weight excluding hydrogens is 542 g/mol. The Balaban J connectivity index is 1.99. The standard InChI is InChI=1S/C20H18FIN2O4S2/c1-28-12-6-11-24-19(25)17(13-14-7-5-10-16(22)18(14)21)29-20(24)23-30(26,27)15-8-3-2-4-9-15/h2-5,7-10,13H,6,11-12H2,1H3/b17-13-,23-20?. The maximum Gasteiger partial charge on any atom is 0.284 e. The zero-order chi connectivity index (χ0) is 21.7. The highest BCUT2D eigenvalue weighted by Gasteiger charge is 2.35. The molecule has 1 aliphatic heterocycles. The molecule has 0 atom stereocenters. The van der Waals surface area contributed by atoms with Gasteiger partial charge in [-0.15, -0.1) is 4.40 Å². The Bertz CT molecular complexity index is 1110. The largest absolute Gasteiger partial charge is 0.385 e. The maximum atomic E-state index is 14.4. The lowest BCUT2D eigenvalue weighted by Crippen LogP contribution is -2.31. The first-order valence-corrected chi connectivity index (χ1v) is 12.2. The summed E-state index contributed by atoms with van der Waals surface area (Å²) in [6, 6.07) is 12.6. The number of amidine groups is 1. The van der Waals surface area contributed by atoms with E-state index < -0.39 is 21.7 Å². The van der Waals surface area contributed by atoms with Crippen LogP contribution in [-0.4, -0.2) is 44.7 Å². The Hall–Kier alpha value is -1.76. The Kier molecular flexibility index (Phi) is 7.66. The van der Waals surface area contributed by atoms with E-state index in [1.807, 2.05) is 22.6 Å². The number of nitrogens with zero attached hydrogens (tertiary/aromatic N) is 2. The first kappa shape index (κ1) is 22.9. The number of halogens is 2. The van der Waals surface area contributed by atoms with Crippen molar-refractivity contribution in [2.24, 2.45) is 4.40 Å². The number of carbonyl (C=O) groups excluding carboxylic acids is 1. The molecule has 30 heavy (non-hydrogen) atoms. The molecule has 2 aromatic rings. The van der Waals surface area contributed by atoms with Gasteiger partial charge in [0.15, 0.2) is 5.17 Å². The number of hydrogen-bond donors (Lipinski definition) is 0. The van der Waals surface area contributed by atoms with Crippen LogP contribution in [0.3, 0.4) is 0 Å². The van der Waals surface area contributed by atoms with E-state index in [1.54, 1.807) is 43.5 Å². The molecule has 0 saturated carbocycles. The van der Waals surface area contributed by atoms with Crippen molar-refractivity contribution < 1.29 is 22.3 Å². The fourth-order valence-electron chi connectivity index (χ4n) is 2.66. The minimum atomic E-state index is -4.00. The van der Waals surface area contributed by atoms with Crippen LogP contribution in [0.25, 0.3) is 6.08 Å². The van der Waals surface area contributed by atoms with Gasteiger partial charge in [0.1, 0.15) is 5.82 Å². The van der Waals surface area contributed by atoms with Gasteiger partial charge in [-0.2, -0.15) is 8.42 Å². The number of rotatable bonds is 7. The fourth-order valence-corrected chi connectivity index (χ4v) is 5.40. The van der Waals surface area contributed by atoms with E-state index in [-0.39, 0.29) is 27.1 Å². The molecule has 0 aliphatic carbocycles. The van der Waals surface area contributed by atoms with Gasteiger partial charge in [0.05, 0.1) is 9.80 Å². The summed E-state index contributed by atoms with van der Waals surface area (Å²) in [5, 5.41) is 0.0391. The molecule has 0 unspecified atom stereocenters. The molecule has 3 rings (SSSR count). The number of thioether (sulfide) groups is 1. The molecular formula is C20H18FIN2O4S2. The highest BCUT2D eigenvalue weighted by Crippen LogP contribution is 2.34. The average molecular weight is 560 g/mol. The van der Waals surface area contributed by atoms with Crippen LogP contribution in [0.2, 0.25) is 0 Å². The van der Waals surface area contributed by atoms with Gasteiger partial charge >= 0.3 is 0 Å². The maximum absolute atomic E-state index is 14.4. The number of carbonyl (C=O) groups is 1. The second-order valence-electron chi connectivity index (χ2n) is 6.22. The molecule has 0 bridgehead atoms. The van der Waals surface area contributed by atoms with E-state index in [0.29, 0.717) is 16.6 Å². The second kappa shape index (κ2) is 10.0. The predicted molar refractivity (Wildman–Crippen MR) is 124 cm³/mol. The summed E-state index contributed by atoms with van der Waals surface area (Å²) in [5.41, 5.74) is 0.252. The van der Waals surface area contributed by atoms with Crippen molar-refractivity contribution >= 4 is 61.5 Å². The van der Waals surface area contributed by atoms with E-state index >= 15 is 0 Å². The number of hydrogen-bond acceptors (Lipinski definition) is 5. The number of sulfonamides is 1. The lowest BCUT2D eigenvalue weighted by Gasteiger charge is -2.15. The summed E-state index contributed by atoms with van der Waals surface area (Å²) < 4.78 is 49.1. The molecule has 158 valence electrons. The molecule has 0 spiro atoms. The fraction of sp³-hybridized carbons (Fsp3) is 0.200. The average Bonchev–Trinajstić information content (AvgIpc) is 3.00. The van der Waals surface area contributed by atoms with Crippen molar-refractivity contribution in [1.29, 1.82) is 0 Å². The monoisotopic (exact) mass is 560 g/mol. The van der Waals surface area contributed by atoms with E-state index in [4.69, 9.17) is 4.74 Å². The number of amides is 1. The minimum Gasteiger partial charge on any atom is -0.385 e. The molecule has 1 aliphatic rings. The minimum absolute atomic E-state index is 0.0310. The van der Waals surface area contributed by atoms with Gasteiger partial charge in [0.25, 0.3) is 15.9 Å². The SMILES string of the molecule is COCCCN1C(=O)/C(=C/c2cccc(I)c2F)SC1=NS(=O)(=O)c1ccccc1. The molecule has 0 aromatic heterocycles. The van der Waals surface area contributed by atoms with Gasteiger partial charge in [-0.25, -0.2) is 4.39 Å². The van der Waals surface area contributed by atoms with Crippen LogP contribution in [-0.2, 0) is 19.6 Å². The molecule has 1 fully saturated rings. The topological polar surface area (TPSA) is 76.0 Å². The zero-order valence-corrected chi connectivity index (χ0v) is 19.7. The van der Waals surface area contributed by atoms with Gasteiger partial charge in [-0.1, -0.05) is 30.3 Å². The molecule has 1 amide bonds. The summed E-state index contributed by atoms with van der Waals surface area (Å²) in [7, 11) is -2.46. The van der Waals surface area contributed by atoms with Crippen LogP contribution >= 0.6 is 34.4 Å². The van der Waals surface area contributed by atoms with Crippen LogP contribution in [0.4, 0.5) is 4.39 Å². The van der Waals surface area contributed by atoms with Gasteiger partial charge in [-0.3, -0.25) is 9.69 Å². The van der Waals surface area contributed by atoms with Crippen molar-refractivity contribution in [3.63, 3.8) is 0 Å². The smallest absolute Gasteiger partial charge is 0.284 e. The summed E-state index contributed by atoms with van der Waals surface area (Å²) in [5.74, 6) is -0.858. The Morgan fingerprint density at radius 1 is 1.20 bits per heavy atom. The normalized spacial score (nSPS) is 17.3. The quantitative estimate of drug-likeness (QED) is 0.289. The van der Waals surface area contributed by atoms with Crippen LogP contribution in [0.1, 0.15) is 12.0 Å². The highest BCUT2D eigenvalue weighted by molar-refractivity contribution is 14.1. The lowest BCUT2D eigenvalue weighted by atomic mass is 10.2. The van der Waals surface area contributed by atoms with E-state index in [2.05, 4.69) is 4.40 Å². The zero-order valence-electron chi connectivity index (χ0n) is 15.9. The summed E-state index contributed by atoms with van der Waals surface area (Å²) in [6.07, 6.45) is 1.92. The van der Waals surface area contributed by atoms with Gasteiger partial charge in [0.2, 0.25) is 0 Å². The van der Waals surface area contributed by atoms with Crippen LogP contribution in [0, 0.1) is 9.39 Å². The number of ether oxygens (including phenoxy) is 1. The Labute approximate surface area is 192 Å². The van der Waals surface area contributed by atoms with Crippen LogP contribution < -0.4 is 0 Å². The number of methoxy groups -OCH3 is 1. The van der Waals surface area contributed by atoms with E-state index in [1.165, 1.54) is 23.1 Å². The Morgan fingerprint density at radius 3 is 2.63 bits per heavy atom. The van der Waals surface area contributed by atoms with Crippen LogP contribution in [0.5, 0.6) is 0 Å². The van der Waals surface area contributed by atoms with Gasteiger partial charge in [0, 0.05) is 29.4 Å². The lowest BCUT2D eigenvalue weighted by molar-refractivity contribution is -0.122. The van der Waals surface area contributed by atoms with Crippen molar-refractivity contribution in [3.8, 4) is 0 Å². The van der Waals surface area contributed by atoms with Gasteiger partial charge < -0.3 is 4.74 Å². The Morgan fingerprint density at radius 2 is 1.93 bits per heavy atom. The summed E-state index contributed by atoms with van der Waals surface area (Å²) in [4.78, 5) is 14.5. The van der Waals surface area contributed by atoms with Crippen molar-refractivity contribution in [1.82, 2.24) is 4.90 Å². The third-order valence-electron chi connectivity index (χ3n) is 4.13. The molecule has 0 N–H and O–H groups in total. The van der Waals surface area contributed by atoms with E-state index in [0.717, 1.165) is 11.8 Å². The number of benzene rings is 2. The third kappa shape index (κ3) is 5.29. The second-order valence-corrected chi connectivity index (χ2v) is 9.99. The first-order chi connectivity index (χ1) is 14.3. The van der Waals surface area contributed by atoms with Crippen molar-refractivity contribution in [2.75, 3.05) is 20.3 Å². The van der Waals surface area contributed by atoms with Crippen molar-refractivity contribution in [2.45, 2.75) is 11.3 Å². The molecule has 1 heterocycles. The molecule has 0 radical (unpaired) electrons. The molecule has 2 aromatic carbocycles. The highest BCUT2D eigenvalue weighted by atomic mass is 127. The molecule has 10 heteroatoms. The van der Waals surface area contributed by atoms with Crippen molar-refractivity contribution in [3.05, 3.63) is 68.4 Å². The predicted octanol–water partition coefficient (Wildman–Crippen LogP) is 4.13. The first-order valence-electron chi connectivity index (χ1n) is 8.88. The molecule has 1 saturated heterocycles. The van der Waals surface area contributed by atoms with Crippen LogP contribution in [0.15, 0.2) is 62.7 Å². The third-order valence-corrected chi connectivity index (χ3v) is 7.36. The van der Waals surface area contributed by atoms with E-state index in [9.17, 15) is 17.6 Å². The molecule has 6 nitrogen and oxygen atoms in total. The summed E-state index contributed by atoms with van der Waals surface area (Å²) >= 11 is 2.79. The van der Waals surface area contributed by atoms with Gasteiger partial charge in [-0.05, 0) is 65.0 Å². The summed E-state index contributed by atoms with van der Waals surface area (Å²) in [6.45, 7) is 0.632.